The minimum absolute atomic E-state index is 0.239. The molecule has 3 heterocycles. The Bertz CT molecular complexity index is 957. The molecule has 1 aromatic heterocycles. The van der Waals surface area contributed by atoms with E-state index in [0.717, 1.165) is 25.2 Å². The van der Waals surface area contributed by atoms with Crippen molar-refractivity contribution in [2.24, 2.45) is 0 Å². The van der Waals surface area contributed by atoms with Gasteiger partial charge in [-0.05, 0) is 58.6 Å². The Kier molecular flexibility index (Phi) is 5.53. The fraction of sp³-hybridized carbons (Fsp3) is 0.455. The third-order valence-electron chi connectivity index (χ3n) is 5.77. The largest absolute Gasteiger partial charge is 0.370 e. The summed E-state index contributed by atoms with van der Waals surface area (Å²) in [4.78, 5) is 39.2. The molecule has 2 fully saturated rings. The molecule has 0 spiro atoms. The number of anilines is 3. The molecule has 9 heteroatoms. The second kappa shape index (κ2) is 8.14. The zero-order valence-electron chi connectivity index (χ0n) is 18.4. The second-order valence-corrected chi connectivity index (χ2v) is 9.03. The van der Waals surface area contributed by atoms with E-state index in [1.54, 1.807) is 0 Å². The summed E-state index contributed by atoms with van der Waals surface area (Å²) in [7, 11) is 4.23. The average Bonchev–Trinajstić information content (AvgIpc) is 3.33. The maximum absolute atomic E-state index is 12.6. The first kappa shape index (κ1) is 21.0. The number of nitrogens with one attached hydrogen (secondary N) is 2. The van der Waals surface area contributed by atoms with Crippen molar-refractivity contribution in [3.8, 4) is 0 Å². The molecule has 0 bridgehead atoms. The van der Waals surface area contributed by atoms with Crippen molar-refractivity contribution in [1.29, 1.82) is 0 Å². The number of carbonyl (C=O) groups is 2. The van der Waals surface area contributed by atoms with Gasteiger partial charge in [0.2, 0.25) is 5.95 Å². The first-order valence-electron chi connectivity index (χ1n) is 10.5. The SMILES string of the molecule is CN(C)C1CCN(c2ccc(NC(=O)c3cnc(N4CC(C)(C)NC4=O)nc3)cc2)C1. The van der Waals surface area contributed by atoms with Crippen LogP contribution >= 0.6 is 0 Å². The maximum atomic E-state index is 12.6. The third kappa shape index (κ3) is 4.61. The van der Waals surface area contributed by atoms with Gasteiger partial charge in [0.25, 0.3) is 5.91 Å². The summed E-state index contributed by atoms with van der Waals surface area (Å²) in [5, 5.41) is 5.74. The van der Waals surface area contributed by atoms with Crippen LogP contribution in [-0.4, -0.2) is 72.1 Å². The monoisotopic (exact) mass is 423 g/mol. The van der Waals surface area contributed by atoms with Gasteiger partial charge in [-0.25, -0.2) is 14.8 Å². The quantitative estimate of drug-likeness (QED) is 0.766. The summed E-state index contributed by atoms with van der Waals surface area (Å²) in [5.74, 6) is -0.00929. The number of hydrogen-bond acceptors (Lipinski definition) is 6. The van der Waals surface area contributed by atoms with Gasteiger partial charge in [0.05, 0.1) is 17.6 Å². The molecule has 1 aromatic carbocycles. The predicted molar refractivity (Wildman–Crippen MR) is 121 cm³/mol. The van der Waals surface area contributed by atoms with Crippen LogP contribution in [0.5, 0.6) is 0 Å². The lowest BCUT2D eigenvalue weighted by Gasteiger charge is -2.22. The molecule has 0 radical (unpaired) electrons. The molecule has 3 amide bonds. The molecule has 2 aliphatic rings. The highest BCUT2D eigenvalue weighted by atomic mass is 16.2. The lowest BCUT2D eigenvalue weighted by molar-refractivity contribution is 0.102. The van der Waals surface area contributed by atoms with Gasteiger partial charge < -0.3 is 20.4 Å². The molecule has 2 aromatic rings. The van der Waals surface area contributed by atoms with E-state index in [-0.39, 0.29) is 23.4 Å². The Morgan fingerprint density at radius 2 is 1.87 bits per heavy atom. The zero-order chi connectivity index (χ0) is 22.2. The van der Waals surface area contributed by atoms with Gasteiger partial charge in [0, 0.05) is 42.9 Å². The van der Waals surface area contributed by atoms with Gasteiger partial charge >= 0.3 is 6.03 Å². The molecule has 9 nitrogen and oxygen atoms in total. The van der Waals surface area contributed by atoms with Gasteiger partial charge in [0.1, 0.15) is 0 Å². The van der Waals surface area contributed by atoms with E-state index < -0.39 is 0 Å². The molecule has 0 aliphatic carbocycles. The average molecular weight is 424 g/mol. The number of aromatic nitrogens is 2. The number of carbonyl (C=O) groups excluding carboxylic acids is 2. The van der Waals surface area contributed by atoms with Crippen molar-refractivity contribution >= 4 is 29.3 Å². The van der Waals surface area contributed by atoms with Crippen molar-refractivity contribution in [3.05, 3.63) is 42.2 Å². The van der Waals surface area contributed by atoms with Gasteiger partial charge in [0.15, 0.2) is 0 Å². The zero-order valence-corrected chi connectivity index (χ0v) is 18.4. The smallest absolute Gasteiger partial charge is 0.324 e. The summed E-state index contributed by atoms with van der Waals surface area (Å²) in [6, 6.07) is 8.20. The number of rotatable bonds is 5. The number of amides is 3. The summed E-state index contributed by atoms with van der Waals surface area (Å²) in [5.41, 5.74) is 1.86. The van der Waals surface area contributed by atoms with Crippen LogP contribution in [0.3, 0.4) is 0 Å². The predicted octanol–water partition coefficient (Wildman–Crippen LogP) is 2.18. The number of likely N-dealkylation sites (N-methyl/N-ethyl adjacent to an activating group) is 1. The Morgan fingerprint density at radius 1 is 1.19 bits per heavy atom. The van der Waals surface area contributed by atoms with Crippen molar-refractivity contribution < 1.29 is 9.59 Å². The summed E-state index contributed by atoms with van der Waals surface area (Å²) < 4.78 is 0. The van der Waals surface area contributed by atoms with Gasteiger partial charge in [-0.1, -0.05) is 0 Å². The summed E-state index contributed by atoms with van der Waals surface area (Å²) in [6.45, 7) is 6.37. The lowest BCUT2D eigenvalue weighted by atomic mass is 10.1. The van der Waals surface area contributed by atoms with E-state index in [4.69, 9.17) is 0 Å². The number of urea groups is 1. The highest BCUT2D eigenvalue weighted by molar-refractivity contribution is 6.04. The Morgan fingerprint density at radius 3 is 2.42 bits per heavy atom. The minimum Gasteiger partial charge on any atom is -0.370 e. The van der Waals surface area contributed by atoms with Crippen molar-refractivity contribution in [1.82, 2.24) is 20.2 Å². The van der Waals surface area contributed by atoms with Gasteiger partial charge in [-0.15, -0.1) is 0 Å². The van der Waals surface area contributed by atoms with Crippen LogP contribution < -0.4 is 20.4 Å². The standard InChI is InChI=1S/C22H29N7O2/c1-22(2)14-29(21(31)26-22)20-23-11-15(12-24-20)19(30)25-16-5-7-17(8-6-16)28-10-9-18(13-28)27(3)4/h5-8,11-12,18H,9-10,13-14H2,1-4H3,(H,25,30)(H,26,31). The van der Waals surface area contributed by atoms with Crippen molar-refractivity contribution in [3.63, 3.8) is 0 Å². The molecule has 1 atom stereocenters. The van der Waals surface area contributed by atoms with E-state index in [0.29, 0.717) is 23.8 Å². The maximum Gasteiger partial charge on any atom is 0.324 e. The van der Waals surface area contributed by atoms with E-state index in [1.165, 1.54) is 17.3 Å². The Labute approximate surface area is 182 Å². The van der Waals surface area contributed by atoms with Crippen molar-refractivity contribution in [2.45, 2.75) is 31.8 Å². The number of benzene rings is 1. The summed E-state index contributed by atoms with van der Waals surface area (Å²) >= 11 is 0. The molecule has 2 saturated heterocycles. The molecule has 164 valence electrons. The van der Waals surface area contributed by atoms with Crippen LogP contribution in [0.2, 0.25) is 0 Å². The molecule has 4 rings (SSSR count). The van der Waals surface area contributed by atoms with Crippen LogP contribution in [0.1, 0.15) is 30.6 Å². The third-order valence-corrected chi connectivity index (χ3v) is 5.77. The Hall–Kier alpha value is -3.20. The number of nitrogens with zero attached hydrogens (tertiary/aromatic N) is 5. The molecule has 2 N–H and O–H groups in total. The van der Waals surface area contributed by atoms with Crippen LogP contribution in [-0.2, 0) is 0 Å². The first-order chi connectivity index (χ1) is 14.7. The highest BCUT2D eigenvalue weighted by Crippen LogP contribution is 2.24. The van der Waals surface area contributed by atoms with Crippen molar-refractivity contribution in [2.75, 3.05) is 48.8 Å². The van der Waals surface area contributed by atoms with E-state index in [2.05, 4.69) is 44.5 Å². The van der Waals surface area contributed by atoms with Crippen LogP contribution in [0.15, 0.2) is 36.7 Å². The van der Waals surface area contributed by atoms with Crippen LogP contribution in [0, 0.1) is 0 Å². The minimum atomic E-state index is -0.342. The van der Waals surface area contributed by atoms with Gasteiger partial charge in [-0.2, -0.15) is 0 Å². The number of hydrogen-bond donors (Lipinski definition) is 2. The highest BCUT2D eigenvalue weighted by Gasteiger charge is 2.37. The Balaban J connectivity index is 1.37. The van der Waals surface area contributed by atoms with Crippen LogP contribution in [0.25, 0.3) is 0 Å². The lowest BCUT2D eigenvalue weighted by Crippen LogP contribution is -2.36. The van der Waals surface area contributed by atoms with Crippen LogP contribution in [0.4, 0.5) is 22.1 Å². The van der Waals surface area contributed by atoms with E-state index in [9.17, 15) is 9.59 Å². The van der Waals surface area contributed by atoms with Gasteiger partial charge in [-0.3, -0.25) is 9.69 Å². The fourth-order valence-corrected chi connectivity index (χ4v) is 3.96. The normalized spacial score (nSPS) is 20.3. The molecule has 0 saturated carbocycles. The summed E-state index contributed by atoms with van der Waals surface area (Å²) in [6.07, 6.45) is 4.03. The topological polar surface area (TPSA) is 93.7 Å². The molecule has 1 unspecified atom stereocenters. The first-order valence-corrected chi connectivity index (χ1v) is 10.5. The molecule has 2 aliphatic heterocycles. The second-order valence-electron chi connectivity index (χ2n) is 9.03. The molecular weight excluding hydrogens is 394 g/mol. The van der Waals surface area contributed by atoms with E-state index in [1.807, 2.05) is 38.1 Å². The van der Waals surface area contributed by atoms with E-state index >= 15 is 0 Å². The molecular formula is C22H29N7O2. The molecule has 31 heavy (non-hydrogen) atoms. The fourth-order valence-electron chi connectivity index (χ4n) is 3.96.